The maximum atomic E-state index is 11.2. The Morgan fingerprint density at radius 1 is 0.333 bits per heavy atom. The lowest BCUT2D eigenvalue weighted by atomic mass is 9.80. The molecular weight excluding hydrogens is 733 g/mol. The van der Waals surface area contributed by atoms with Gasteiger partial charge < -0.3 is 0 Å². The molecule has 0 fully saturated rings. The van der Waals surface area contributed by atoms with Crippen molar-refractivity contribution in [3.05, 3.63) is 218 Å². The largest absolute Gasteiger partial charge is 0.248 e. The summed E-state index contributed by atoms with van der Waals surface area (Å²) in [6, 6.07) is 59.1. The number of nitrogens with zero attached hydrogens (tertiary/aromatic N) is 6. The third-order valence-electron chi connectivity index (χ3n) is 12.3. The van der Waals surface area contributed by atoms with Crippen molar-refractivity contribution in [3.63, 3.8) is 0 Å². The van der Waals surface area contributed by atoms with E-state index in [1.165, 1.54) is 0 Å². The second-order valence-corrected chi connectivity index (χ2v) is 15.4. The first-order valence-corrected chi connectivity index (χ1v) is 20.0. The molecule has 8 aromatic carbocycles. The Balaban J connectivity index is 1.20. The third kappa shape index (κ3) is 4.49. The van der Waals surface area contributed by atoms with Crippen LogP contribution in [-0.4, -0.2) is 4.98 Å². The van der Waals surface area contributed by atoms with Gasteiger partial charge in [0.25, 0.3) is 0 Å². The zero-order chi connectivity index (χ0) is 39.5. The molecule has 0 spiro atoms. The van der Waals surface area contributed by atoms with Crippen LogP contribution >= 0.6 is 0 Å². The number of rotatable bonds is 4. The van der Waals surface area contributed by atoms with Crippen molar-refractivity contribution in [2.75, 3.05) is 0 Å². The van der Waals surface area contributed by atoms with Crippen molar-refractivity contribution in [2.45, 2.75) is 0 Å². The van der Waals surface area contributed by atoms with Gasteiger partial charge in [0.1, 0.15) is 11.8 Å². The quantitative estimate of drug-likeness (QED) is 0.179. The summed E-state index contributed by atoms with van der Waals surface area (Å²) in [6.45, 7) is 0. The van der Waals surface area contributed by atoms with Gasteiger partial charge in [0.15, 0.2) is 0 Å². The number of fused-ring (bicyclic) bond motifs is 12. The Hall–Kier alpha value is -8.40. The number of hydrogen-bond acceptors (Lipinski definition) is 6. The summed E-state index contributed by atoms with van der Waals surface area (Å²) in [7, 11) is 0. The van der Waals surface area contributed by atoms with Gasteiger partial charge in [-0.3, -0.25) is 0 Å². The van der Waals surface area contributed by atoms with Crippen molar-refractivity contribution < 1.29 is 0 Å². The monoisotopic (exact) mass is 760 g/mol. The van der Waals surface area contributed by atoms with E-state index < -0.39 is 0 Å². The molecular formula is C54H28N6. The molecule has 0 amide bonds. The molecule has 6 heteroatoms. The molecule has 1 aromatic heterocycles. The summed E-state index contributed by atoms with van der Waals surface area (Å²) in [5.74, 6) is 0. The number of pyridine rings is 1. The molecule has 0 unspecified atom stereocenters. The third-order valence-corrected chi connectivity index (χ3v) is 12.3. The molecule has 0 N–H and O–H groups in total. The molecule has 0 bridgehead atoms. The molecule has 0 saturated heterocycles. The lowest BCUT2D eigenvalue weighted by Gasteiger charge is -2.23. The lowest BCUT2D eigenvalue weighted by molar-refractivity contribution is 1.27. The van der Waals surface area contributed by atoms with Crippen LogP contribution in [0.5, 0.6) is 0 Å². The summed E-state index contributed by atoms with van der Waals surface area (Å²) < 4.78 is 0. The highest BCUT2D eigenvalue weighted by molar-refractivity contribution is 6.11. The normalized spacial score (nSPS) is 12.5. The van der Waals surface area contributed by atoms with Gasteiger partial charge in [-0.05, 0) is 82.4 Å². The Labute approximate surface area is 342 Å². The van der Waals surface area contributed by atoms with E-state index in [1.807, 2.05) is 24.3 Å². The van der Waals surface area contributed by atoms with E-state index in [0.29, 0.717) is 5.69 Å². The van der Waals surface area contributed by atoms with E-state index in [2.05, 4.69) is 146 Å². The van der Waals surface area contributed by atoms with E-state index in [0.717, 1.165) is 132 Å². The zero-order valence-corrected chi connectivity index (χ0v) is 31.8. The van der Waals surface area contributed by atoms with E-state index in [1.54, 1.807) is 6.20 Å². The van der Waals surface area contributed by atoms with Gasteiger partial charge in [-0.15, -0.1) is 0 Å². The second-order valence-electron chi connectivity index (χ2n) is 15.4. The van der Waals surface area contributed by atoms with Gasteiger partial charge in [-0.1, -0.05) is 109 Å². The standard InChI is InChI=1S/C54H28N6/c55-29-45-47(48-33(31-13-5-2-6-14-31)20-24-42-50(48)52-44(58-42)26-22-37-35-16-8-10-18-40(35)60-54(37)52)38(27-28-56-45)46-32(30-11-3-1-4-12-30)19-23-41-49(46)51-43(57-41)25-21-36-34-15-7-9-17-39(34)59-53(36)51/h1-28H. The summed E-state index contributed by atoms with van der Waals surface area (Å²) in [6.07, 6.45) is 1.77. The first kappa shape index (κ1) is 32.7. The molecule has 4 aliphatic rings. The first-order valence-electron chi connectivity index (χ1n) is 20.0. The number of benzene rings is 8. The van der Waals surface area contributed by atoms with Gasteiger partial charge in [-0.2, -0.15) is 5.26 Å². The van der Waals surface area contributed by atoms with Crippen LogP contribution in [0.3, 0.4) is 0 Å². The van der Waals surface area contributed by atoms with E-state index >= 15 is 0 Å². The molecule has 0 saturated carbocycles. The van der Waals surface area contributed by atoms with Gasteiger partial charge in [0, 0.05) is 66.0 Å². The molecule has 4 aliphatic heterocycles. The van der Waals surface area contributed by atoms with Crippen molar-refractivity contribution in [1.29, 1.82) is 5.26 Å². The van der Waals surface area contributed by atoms with Gasteiger partial charge in [0.2, 0.25) is 0 Å². The molecule has 0 radical (unpaired) electrons. The summed E-state index contributed by atoms with van der Waals surface area (Å²) in [5.41, 5.74) is 15.2. The second kappa shape index (κ2) is 12.3. The summed E-state index contributed by atoms with van der Waals surface area (Å²) in [5, 5.41) is 19.2. The minimum atomic E-state index is 0.321. The van der Waals surface area contributed by atoms with Crippen LogP contribution in [0.4, 0.5) is 22.7 Å². The maximum absolute atomic E-state index is 11.2. The van der Waals surface area contributed by atoms with Gasteiger partial charge >= 0.3 is 0 Å². The molecule has 60 heavy (non-hydrogen) atoms. The van der Waals surface area contributed by atoms with Crippen LogP contribution in [-0.2, 0) is 0 Å². The fraction of sp³-hybridized carbons (Fsp3) is 0. The van der Waals surface area contributed by atoms with E-state index in [9.17, 15) is 5.26 Å². The highest BCUT2D eigenvalue weighted by Crippen LogP contribution is 2.55. The fourth-order valence-electron chi connectivity index (χ4n) is 9.75. The first-order chi connectivity index (χ1) is 29.7. The number of nitriles is 1. The van der Waals surface area contributed by atoms with Crippen molar-refractivity contribution in [2.24, 2.45) is 20.0 Å². The van der Waals surface area contributed by atoms with Gasteiger partial charge in [-0.25, -0.2) is 25.0 Å². The molecule has 5 heterocycles. The molecule has 0 aliphatic carbocycles. The predicted molar refractivity (Wildman–Crippen MR) is 233 cm³/mol. The Morgan fingerprint density at radius 3 is 1.38 bits per heavy atom. The number of hydrogen-bond donors (Lipinski definition) is 0. The smallest absolute Gasteiger partial charge is 0.148 e. The average molecular weight is 761 g/mol. The topological polar surface area (TPSA) is 86.1 Å². The molecule has 13 rings (SSSR count). The van der Waals surface area contributed by atoms with E-state index in [4.69, 9.17) is 25.0 Å². The summed E-state index contributed by atoms with van der Waals surface area (Å²) in [4.78, 5) is 25.9. The minimum Gasteiger partial charge on any atom is -0.248 e. The summed E-state index contributed by atoms with van der Waals surface area (Å²) >= 11 is 0. The number of aromatic nitrogens is 1. The van der Waals surface area contributed by atoms with Crippen LogP contribution in [0, 0.1) is 32.2 Å². The highest BCUT2D eigenvalue weighted by Gasteiger charge is 2.33. The maximum Gasteiger partial charge on any atom is 0.148 e. The van der Waals surface area contributed by atoms with Crippen LogP contribution < -0.4 is 21.4 Å². The van der Waals surface area contributed by atoms with Crippen molar-refractivity contribution >= 4 is 22.7 Å². The predicted octanol–water partition coefficient (Wildman–Crippen LogP) is 10.6. The fourth-order valence-corrected chi connectivity index (χ4v) is 9.75. The SMILES string of the molecule is N#Cc1nccc(-c2c(-c3ccccc3)ccc3c2-c2c4c(ccc2=N3)=c2ccccc2=N4)c1-c1c(-c2ccccc2)ccc2c1-c1c3c(ccc1=N2)=c1ccccc1=N3. The molecule has 9 aromatic rings. The van der Waals surface area contributed by atoms with Crippen molar-refractivity contribution in [1.82, 2.24) is 4.98 Å². The van der Waals surface area contributed by atoms with Crippen LogP contribution in [0.2, 0.25) is 0 Å². The van der Waals surface area contributed by atoms with E-state index in [-0.39, 0.29) is 0 Å². The Kier molecular flexibility index (Phi) is 6.70. The molecule has 0 atom stereocenters. The van der Waals surface area contributed by atoms with Crippen LogP contribution in [0.25, 0.3) is 66.8 Å². The Morgan fingerprint density at radius 2 is 0.833 bits per heavy atom. The van der Waals surface area contributed by atoms with Gasteiger partial charge in [0.05, 0.1) is 44.2 Å². The highest BCUT2D eigenvalue weighted by atomic mass is 14.8. The number of para-hydroxylation sites is 2. The molecule has 6 nitrogen and oxygen atoms in total. The zero-order valence-electron chi connectivity index (χ0n) is 31.8. The minimum absolute atomic E-state index is 0.321. The van der Waals surface area contributed by atoms with Crippen LogP contribution in [0.15, 0.2) is 190 Å². The Bertz CT molecular complexity index is 3950. The molecule has 274 valence electrons. The van der Waals surface area contributed by atoms with Crippen LogP contribution in [0.1, 0.15) is 5.69 Å². The lowest BCUT2D eigenvalue weighted by Crippen LogP contribution is -2.04. The average Bonchev–Trinajstić information content (AvgIpc) is 4.08. The van der Waals surface area contributed by atoms with Crippen molar-refractivity contribution in [3.8, 4) is 72.8 Å².